The molecule has 0 fully saturated rings. The van der Waals surface area contributed by atoms with Crippen molar-refractivity contribution in [2.75, 3.05) is 16.5 Å². The molecule has 0 saturated heterocycles. The molecule has 8 aromatic carbocycles. The number of rotatable bonds is 7. The van der Waals surface area contributed by atoms with Crippen LogP contribution in [0.4, 0.5) is 22.7 Å². The molecule has 12 rings (SSSR count). The van der Waals surface area contributed by atoms with Gasteiger partial charge in [0.05, 0.1) is 22.4 Å². The Hall–Kier alpha value is -7.83. The number of aromatic nitrogens is 2. The molecule has 0 atom stereocenters. The van der Waals surface area contributed by atoms with Crippen LogP contribution in [-0.2, 0) is 0 Å². The fourth-order valence-corrected chi connectivity index (χ4v) is 9.45. The van der Waals surface area contributed by atoms with Gasteiger partial charge in [-0.25, -0.2) is 4.98 Å². The molecule has 0 radical (unpaired) electrons. The molecule has 10 aromatic rings. The summed E-state index contributed by atoms with van der Waals surface area (Å²) < 4.78 is 9.10. The fourth-order valence-electron chi connectivity index (χ4n) is 9.45. The lowest BCUT2D eigenvalue weighted by Gasteiger charge is -2.22. The van der Waals surface area contributed by atoms with Gasteiger partial charge in [0.1, 0.15) is 24.0 Å². The summed E-state index contributed by atoms with van der Waals surface area (Å²) in [5.41, 5.74) is 15.4. The second-order valence-electron chi connectivity index (χ2n) is 15.6. The Morgan fingerprint density at radius 2 is 1.13 bits per heavy atom. The molecule has 2 aliphatic heterocycles. The van der Waals surface area contributed by atoms with Gasteiger partial charge in [-0.3, -0.25) is 4.57 Å². The van der Waals surface area contributed by atoms with Crippen molar-refractivity contribution in [3.8, 4) is 39.6 Å². The molecule has 0 saturated carbocycles. The van der Waals surface area contributed by atoms with Gasteiger partial charge in [-0.1, -0.05) is 144 Å². The minimum atomic E-state index is 0.116. The Morgan fingerprint density at radius 1 is 0.450 bits per heavy atom. The zero-order valence-corrected chi connectivity index (χ0v) is 32.7. The van der Waals surface area contributed by atoms with Crippen LogP contribution >= 0.6 is 0 Å². The van der Waals surface area contributed by atoms with Gasteiger partial charge >= 0.3 is 0 Å². The molecular formula is C54H37BN4O. The highest BCUT2D eigenvalue weighted by atomic mass is 16.5. The molecule has 282 valence electrons. The molecule has 0 amide bonds. The largest absolute Gasteiger partial charge is 0.457 e. The van der Waals surface area contributed by atoms with E-state index in [4.69, 9.17) is 9.72 Å². The van der Waals surface area contributed by atoms with E-state index in [0.29, 0.717) is 6.67 Å². The van der Waals surface area contributed by atoms with Gasteiger partial charge in [-0.15, -0.1) is 0 Å². The van der Waals surface area contributed by atoms with E-state index in [-0.39, 0.29) is 6.71 Å². The topological polar surface area (TPSA) is 33.5 Å². The van der Waals surface area contributed by atoms with Crippen LogP contribution < -0.4 is 30.9 Å². The van der Waals surface area contributed by atoms with E-state index in [1.54, 1.807) is 0 Å². The van der Waals surface area contributed by atoms with Crippen LogP contribution in [0.1, 0.15) is 0 Å². The number of fused-ring (bicyclic) bond motifs is 7. The number of anilines is 4. The fraction of sp³-hybridized carbons (Fsp3) is 0.0185. The SMILES string of the molecule is c1ccc(B2c3ccccc3-c3cnc(-n4c5ccc(-c6ccccc6)cc5c5ccc(Oc6cccc(N7CN(c8ccccc8)c8ccccc87)c6)cc54)cc32)cc1. The maximum atomic E-state index is 6.78. The second-order valence-corrected chi connectivity index (χ2v) is 15.6. The summed E-state index contributed by atoms with van der Waals surface area (Å²) >= 11 is 0. The zero-order chi connectivity index (χ0) is 39.6. The van der Waals surface area contributed by atoms with Crippen LogP contribution in [-0.4, -0.2) is 22.9 Å². The molecule has 0 aliphatic carbocycles. The summed E-state index contributed by atoms with van der Waals surface area (Å²) in [5.74, 6) is 2.41. The van der Waals surface area contributed by atoms with E-state index in [1.165, 1.54) is 55.4 Å². The average molecular weight is 769 g/mol. The van der Waals surface area contributed by atoms with Crippen molar-refractivity contribution in [1.82, 2.24) is 9.55 Å². The average Bonchev–Trinajstić information content (AvgIpc) is 3.97. The van der Waals surface area contributed by atoms with Crippen LogP contribution in [0, 0.1) is 0 Å². The lowest BCUT2D eigenvalue weighted by Crippen LogP contribution is -2.48. The Balaban J connectivity index is 0.969. The second kappa shape index (κ2) is 13.9. The van der Waals surface area contributed by atoms with E-state index >= 15 is 0 Å². The first-order chi connectivity index (χ1) is 29.7. The van der Waals surface area contributed by atoms with Gasteiger partial charge in [-0.2, -0.15) is 0 Å². The van der Waals surface area contributed by atoms with Gasteiger partial charge in [0, 0.05) is 40.5 Å². The van der Waals surface area contributed by atoms with Crippen LogP contribution in [0.15, 0.2) is 212 Å². The summed E-state index contributed by atoms with van der Waals surface area (Å²) in [5, 5.41) is 2.31. The number of hydrogen-bond donors (Lipinski definition) is 0. The molecule has 0 spiro atoms. The van der Waals surface area contributed by atoms with Crippen LogP contribution in [0.2, 0.25) is 0 Å². The number of pyridine rings is 1. The monoisotopic (exact) mass is 768 g/mol. The quantitative estimate of drug-likeness (QED) is 0.151. The molecular weight excluding hydrogens is 731 g/mol. The van der Waals surface area contributed by atoms with Crippen LogP contribution in [0.3, 0.4) is 0 Å². The van der Waals surface area contributed by atoms with E-state index in [2.05, 4.69) is 221 Å². The molecule has 0 unspecified atom stereocenters. The van der Waals surface area contributed by atoms with E-state index in [1.807, 2.05) is 6.07 Å². The third-order valence-corrected chi connectivity index (χ3v) is 12.2. The van der Waals surface area contributed by atoms with Crippen LogP contribution in [0.5, 0.6) is 11.5 Å². The minimum absolute atomic E-state index is 0.116. The van der Waals surface area contributed by atoms with E-state index in [0.717, 1.165) is 45.1 Å². The molecule has 6 heteroatoms. The van der Waals surface area contributed by atoms with Gasteiger partial charge in [0.25, 0.3) is 0 Å². The van der Waals surface area contributed by atoms with Crippen molar-refractivity contribution in [3.63, 3.8) is 0 Å². The maximum Gasteiger partial charge on any atom is 0.243 e. The highest BCUT2D eigenvalue weighted by Gasteiger charge is 2.34. The Kier molecular flexibility index (Phi) is 7.95. The van der Waals surface area contributed by atoms with Crippen molar-refractivity contribution in [3.05, 3.63) is 212 Å². The number of nitrogens with zero attached hydrogens (tertiary/aromatic N) is 4. The summed E-state index contributed by atoms with van der Waals surface area (Å²) in [6, 6.07) is 73.3. The third kappa shape index (κ3) is 5.60. The Morgan fingerprint density at radius 3 is 1.95 bits per heavy atom. The van der Waals surface area contributed by atoms with Crippen molar-refractivity contribution in [2.24, 2.45) is 0 Å². The Bertz CT molecular complexity index is 3240. The van der Waals surface area contributed by atoms with E-state index < -0.39 is 0 Å². The highest BCUT2D eigenvalue weighted by Crippen LogP contribution is 2.45. The van der Waals surface area contributed by atoms with Gasteiger partial charge in [0.15, 0.2) is 0 Å². The third-order valence-electron chi connectivity index (χ3n) is 12.2. The molecule has 0 N–H and O–H groups in total. The predicted octanol–water partition coefficient (Wildman–Crippen LogP) is 11.4. The first kappa shape index (κ1) is 34.2. The summed E-state index contributed by atoms with van der Waals surface area (Å²) in [4.78, 5) is 9.93. The number of para-hydroxylation sites is 3. The summed E-state index contributed by atoms with van der Waals surface area (Å²) in [6.07, 6.45) is 2.07. The summed E-state index contributed by atoms with van der Waals surface area (Å²) in [7, 11) is 0. The molecule has 2 aliphatic rings. The first-order valence-corrected chi connectivity index (χ1v) is 20.5. The minimum Gasteiger partial charge on any atom is -0.457 e. The van der Waals surface area contributed by atoms with Crippen molar-refractivity contribution in [2.45, 2.75) is 0 Å². The standard InChI is InChI=1S/C54H37BN4O/c1-4-15-37(16-5-1)38-27-30-50-46(31-38)45-29-28-43(60-42-22-14-21-41(32-42)58-36-57(40-19-8-3-9-20-40)51-25-12-13-26-52(51)58)33-53(45)59(50)54-34-49-47(35-56-54)44-23-10-11-24-48(44)55(49)39-17-6-2-7-18-39/h1-35H,36H2. The first-order valence-electron chi connectivity index (χ1n) is 20.5. The lowest BCUT2D eigenvalue weighted by atomic mass is 9.39. The zero-order valence-electron chi connectivity index (χ0n) is 32.7. The van der Waals surface area contributed by atoms with Crippen molar-refractivity contribution in [1.29, 1.82) is 0 Å². The highest BCUT2D eigenvalue weighted by molar-refractivity contribution is 6.99. The number of benzene rings is 8. The van der Waals surface area contributed by atoms with Gasteiger partial charge in [0.2, 0.25) is 6.71 Å². The summed E-state index contributed by atoms with van der Waals surface area (Å²) in [6.45, 7) is 0.818. The maximum absolute atomic E-state index is 6.78. The molecule has 60 heavy (non-hydrogen) atoms. The number of hydrogen-bond acceptors (Lipinski definition) is 4. The Labute approximate surface area is 349 Å². The lowest BCUT2D eigenvalue weighted by molar-refractivity contribution is 0.483. The normalized spacial score (nSPS) is 12.8. The smallest absolute Gasteiger partial charge is 0.243 e. The van der Waals surface area contributed by atoms with Crippen molar-refractivity contribution >= 4 is 67.7 Å². The molecule has 5 nitrogen and oxygen atoms in total. The van der Waals surface area contributed by atoms with Gasteiger partial charge in [-0.05, 0) is 89.0 Å². The van der Waals surface area contributed by atoms with Crippen LogP contribution in [0.25, 0.3) is 49.9 Å². The predicted molar refractivity (Wildman–Crippen MR) is 249 cm³/mol. The molecule has 4 heterocycles. The molecule has 2 aromatic heterocycles. The number of ether oxygens (including phenoxy) is 1. The van der Waals surface area contributed by atoms with Crippen molar-refractivity contribution < 1.29 is 4.74 Å². The van der Waals surface area contributed by atoms with E-state index in [9.17, 15) is 0 Å². The molecule has 0 bridgehead atoms. The van der Waals surface area contributed by atoms with Gasteiger partial charge < -0.3 is 14.5 Å².